The Hall–Kier alpha value is -1.83. The van der Waals surface area contributed by atoms with Crippen molar-refractivity contribution in [2.24, 2.45) is 0 Å². The van der Waals surface area contributed by atoms with E-state index in [1.165, 1.54) is 11.1 Å². The molecule has 2 nitrogen and oxygen atoms in total. The van der Waals surface area contributed by atoms with E-state index in [4.69, 9.17) is 0 Å². The third kappa shape index (κ3) is 2.15. The van der Waals surface area contributed by atoms with E-state index in [9.17, 15) is 4.79 Å². The molecule has 0 aliphatic carbocycles. The van der Waals surface area contributed by atoms with Crippen molar-refractivity contribution in [2.45, 2.75) is 13.5 Å². The highest BCUT2D eigenvalue weighted by Crippen LogP contribution is 2.07. The molecule has 0 N–H and O–H groups in total. The van der Waals surface area contributed by atoms with Gasteiger partial charge in [0.05, 0.1) is 6.54 Å². The van der Waals surface area contributed by atoms with E-state index in [1.807, 2.05) is 24.4 Å². The first-order chi connectivity index (χ1) is 7.27. The third-order valence-corrected chi connectivity index (χ3v) is 2.50. The van der Waals surface area contributed by atoms with Gasteiger partial charge in [-0.25, -0.2) is 0 Å². The zero-order valence-corrected chi connectivity index (χ0v) is 8.68. The van der Waals surface area contributed by atoms with E-state index in [2.05, 4.69) is 19.1 Å². The number of hydrogen-bond donors (Lipinski definition) is 0. The fraction of sp³-hybridized carbons (Fsp3) is 0.154. The van der Waals surface area contributed by atoms with Crippen molar-refractivity contribution in [3.63, 3.8) is 0 Å². The molecule has 0 unspecified atom stereocenters. The minimum atomic E-state index is 0.0424. The molecule has 0 aliphatic heterocycles. The molecule has 0 amide bonds. The van der Waals surface area contributed by atoms with Crippen LogP contribution in [0.4, 0.5) is 0 Å². The Morgan fingerprint density at radius 2 is 1.80 bits per heavy atom. The van der Waals surface area contributed by atoms with Crippen molar-refractivity contribution in [1.29, 1.82) is 0 Å². The maximum Gasteiger partial charge on any atom is 0.250 e. The molecule has 2 heteroatoms. The van der Waals surface area contributed by atoms with Gasteiger partial charge in [0.15, 0.2) is 0 Å². The Kier molecular flexibility index (Phi) is 2.68. The Labute approximate surface area is 88.8 Å². The molecule has 1 heterocycles. The van der Waals surface area contributed by atoms with Crippen molar-refractivity contribution in [1.82, 2.24) is 4.57 Å². The van der Waals surface area contributed by atoms with Crippen LogP contribution >= 0.6 is 0 Å². The SMILES string of the molecule is Cc1ccccc1Cn1ccccc1=O. The molecule has 1 aromatic heterocycles. The van der Waals surface area contributed by atoms with E-state index in [-0.39, 0.29) is 5.56 Å². The van der Waals surface area contributed by atoms with Gasteiger partial charge < -0.3 is 4.57 Å². The lowest BCUT2D eigenvalue weighted by Crippen LogP contribution is -2.18. The van der Waals surface area contributed by atoms with Crippen molar-refractivity contribution in [2.75, 3.05) is 0 Å². The quantitative estimate of drug-likeness (QED) is 0.726. The van der Waals surface area contributed by atoms with Crippen LogP contribution in [-0.2, 0) is 6.54 Å². The summed E-state index contributed by atoms with van der Waals surface area (Å²) in [4.78, 5) is 11.5. The number of rotatable bonds is 2. The molecule has 0 aliphatic rings. The molecular weight excluding hydrogens is 186 g/mol. The van der Waals surface area contributed by atoms with E-state index in [0.29, 0.717) is 6.54 Å². The van der Waals surface area contributed by atoms with Crippen LogP contribution in [0.3, 0.4) is 0 Å². The molecule has 15 heavy (non-hydrogen) atoms. The summed E-state index contributed by atoms with van der Waals surface area (Å²) >= 11 is 0. The highest BCUT2D eigenvalue weighted by atomic mass is 16.1. The van der Waals surface area contributed by atoms with Gasteiger partial charge in [-0.1, -0.05) is 30.3 Å². The summed E-state index contributed by atoms with van der Waals surface area (Å²) in [7, 11) is 0. The van der Waals surface area contributed by atoms with Gasteiger partial charge in [0, 0.05) is 12.3 Å². The zero-order chi connectivity index (χ0) is 10.7. The Balaban J connectivity index is 2.34. The lowest BCUT2D eigenvalue weighted by molar-refractivity contribution is 0.755. The topological polar surface area (TPSA) is 22.0 Å². The normalized spacial score (nSPS) is 10.2. The van der Waals surface area contributed by atoms with Crippen molar-refractivity contribution < 1.29 is 0 Å². The van der Waals surface area contributed by atoms with Crippen molar-refractivity contribution >= 4 is 0 Å². The summed E-state index contributed by atoms with van der Waals surface area (Å²) in [6.07, 6.45) is 1.81. The molecule has 0 atom stereocenters. The van der Waals surface area contributed by atoms with Crippen LogP contribution < -0.4 is 5.56 Å². The first-order valence-corrected chi connectivity index (χ1v) is 4.97. The molecule has 1 aromatic carbocycles. The number of aryl methyl sites for hydroxylation is 1. The largest absolute Gasteiger partial charge is 0.311 e. The molecular formula is C13H13NO. The maximum atomic E-state index is 11.5. The molecule has 2 aromatic rings. The first-order valence-electron chi connectivity index (χ1n) is 4.97. The van der Waals surface area contributed by atoms with Crippen molar-refractivity contribution in [3.05, 3.63) is 70.1 Å². The van der Waals surface area contributed by atoms with Gasteiger partial charge in [-0.3, -0.25) is 4.79 Å². The summed E-state index contributed by atoms with van der Waals surface area (Å²) in [5, 5.41) is 0. The van der Waals surface area contributed by atoms with Gasteiger partial charge >= 0.3 is 0 Å². The van der Waals surface area contributed by atoms with E-state index in [1.54, 1.807) is 16.7 Å². The summed E-state index contributed by atoms with van der Waals surface area (Å²) in [5.41, 5.74) is 2.44. The number of aromatic nitrogens is 1. The van der Waals surface area contributed by atoms with E-state index >= 15 is 0 Å². The van der Waals surface area contributed by atoms with Crippen LogP contribution in [0.2, 0.25) is 0 Å². The number of nitrogens with zero attached hydrogens (tertiary/aromatic N) is 1. The fourth-order valence-electron chi connectivity index (χ4n) is 1.56. The molecule has 76 valence electrons. The molecule has 0 radical (unpaired) electrons. The van der Waals surface area contributed by atoms with Gasteiger partial charge in [-0.05, 0) is 24.1 Å². The number of pyridine rings is 1. The van der Waals surface area contributed by atoms with Crippen molar-refractivity contribution in [3.8, 4) is 0 Å². The van der Waals surface area contributed by atoms with Crippen LogP contribution in [-0.4, -0.2) is 4.57 Å². The van der Waals surface area contributed by atoms with Gasteiger partial charge in [0.1, 0.15) is 0 Å². The fourth-order valence-corrected chi connectivity index (χ4v) is 1.56. The second-order valence-corrected chi connectivity index (χ2v) is 3.59. The Bertz CT molecular complexity index is 514. The smallest absolute Gasteiger partial charge is 0.250 e. The Morgan fingerprint density at radius 3 is 2.53 bits per heavy atom. The monoisotopic (exact) mass is 199 g/mol. The summed E-state index contributed by atoms with van der Waals surface area (Å²) in [5.74, 6) is 0. The highest BCUT2D eigenvalue weighted by Gasteiger charge is 1.98. The summed E-state index contributed by atoms with van der Waals surface area (Å²) < 4.78 is 1.71. The molecule has 0 saturated heterocycles. The number of benzene rings is 1. The van der Waals surface area contributed by atoms with Gasteiger partial charge in [0.25, 0.3) is 5.56 Å². The molecule has 0 spiro atoms. The van der Waals surface area contributed by atoms with Crippen LogP contribution in [0.1, 0.15) is 11.1 Å². The average molecular weight is 199 g/mol. The standard InChI is InChI=1S/C13H13NO/c1-11-6-2-3-7-12(11)10-14-9-5-4-8-13(14)15/h2-9H,10H2,1H3. The second kappa shape index (κ2) is 4.13. The average Bonchev–Trinajstić information content (AvgIpc) is 2.24. The lowest BCUT2D eigenvalue weighted by Gasteiger charge is -2.07. The summed E-state index contributed by atoms with van der Waals surface area (Å²) in [6.45, 7) is 2.70. The minimum Gasteiger partial charge on any atom is -0.311 e. The van der Waals surface area contributed by atoms with Crippen LogP contribution in [0.5, 0.6) is 0 Å². The molecule has 0 fully saturated rings. The highest BCUT2D eigenvalue weighted by molar-refractivity contribution is 5.25. The minimum absolute atomic E-state index is 0.0424. The molecule has 0 saturated carbocycles. The molecule has 0 bridgehead atoms. The summed E-state index contributed by atoms with van der Waals surface area (Å²) in [6, 6.07) is 13.3. The van der Waals surface area contributed by atoms with Crippen LogP contribution in [0.25, 0.3) is 0 Å². The lowest BCUT2D eigenvalue weighted by atomic mass is 10.1. The Morgan fingerprint density at radius 1 is 1.07 bits per heavy atom. The maximum absolute atomic E-state index is 11.5. The van der Waals surface area contributed by atoms with Gasteiger partial charge in [-0.2, -0.15) is 0 Å². The van der Waals surface area contributed by atoms with Crippen LogP contribution in [0, 0.1) is 6.92 Å². The van der Waals surface area contributed by atoms with Gasteiger partial charge in [0.2, 0.25) is 0 Å². The van der Waals surface area contributed by atoms with Crippen LogP contribution in [0.15, 0.2) is 53.5 Å². The van der Waals surface area contributed by atoms with E-state index < -0.39 is 0 Å². The molecule has 2 rings (SSSR count). The zero-order valence-electron chi connectivity index (χ0n) is 8.68. The second-order valence-electron chi connectivity index (χ2n) is 3.59. The van der Waals surface area contributed by atoms with E-state index in [0.717, 1.165) is 0 Å². The first kappa shape index (κ1) is 9.71. The number of hydrogen-bond acceptors (Lipinski definition) is 1. The predicted molar refractivity (Wildman–Crippen MR) is 61.0 cm³/mol. The third-order valence-electron chi connectivity index (χ3n) is 2.50. The van der Waals surface area contributed by atoms with Gasteiger partial charge in [-0.15, -0.1) is 0 Å². The predicted octanol–water partition coefficient (Wildman–Crippen LogP) is 2.21.